The summed E-state index contributed by atoms with van der Waals surface area (Å²) in [6.07, 6.45) is 0. The summed E-state index contributed by atoms with van der Waals surface area (Å²) < 4.78 is 6.44. The first-order valence-corrected chi connectivity index (χ1v) is 8.03. The molecule has 0 unspecified atom stereocenters. The quantitative estimate of drug-likeness (QED) is 0.778. The predicted octanol–water partition coefficient (Wildman–Crippen LogP) is 3.91. The number of rotatable bonds is 6. The molecule has 4 nitrogen and oxygen atoms in total. The van der Waals surface area contributed by atoms with Crippen LogP contribution in [0.5, 0.6) is 5.75 Å². The lowest BCUT2D eigenvalue weighted by atomic mass is 10.1. The van der Waals surface area contributed by atoms with E-state index in [9.17, 15) is 9.59 Å². The summed E-state index contributed by atoms with van der Waals surface area (Å²) in [5.41, 5.74) is 1.58. The number of ether oxygens (including phenoxy) is 1. The Morgan fingerprint density at radius 3 is 2.52 bits per heavy atom. The Hall–Kier alpha value is -2.14. The van der Waals surface area contributed by atoms with Gasteiger partial charge in [0.1, 0.15) is 5.75 Å². The molecule has 0 saturated carbocycles. The van der Waals surface area contributed by atoms with Gasteiger partial charge >= 0.3 is 0 Å². The number of Topliss-reactive ketones (excluding diaryl/α,β-unsaturated/α-hetero) is 1. The van der Waals surface area contributed by atoms with E-state index in [1.807, 2.05) is 31.2 Å². The van der Waals surface area contributed by atoms with Crippen molar-refractivity contribution in [3.63, 3.8) is 0 Å². The Labute approximate surface area is 144 Å². The third-order valence-electron chi connectivity index (χ3n) is 3.36. The number of carbonyl (C=O) groups is 2. The van der Waals surface area contributed by atoms with Crippen molar-refractivity contribution in [2.45, 2.75) is 19.9 Å². The molecule has 0 aliphatic heterocycles. The molecule has 0 aromatic heterocycles. The van der Waals surface area contributed by atoms with E-state index in [4.69, 9.17) is 4.74 Å². The Kier molecular flexibility index (Phi) is 5.93. The van der Waals surface area contributed by atoms with E-state index < -0.39 is 0 Å². The van der Waals surface area contributed by atoms with Gasteiger partial charge < -0.3 is 10.1 Å². The molecule has 0 fully saturated rings. The molecule has 2 rings (SSSR count). The second-order valence-corrected chi connectivity index (χ2v) is 6.13. The van der Waals surface area contributed by atoms with E-state index in [2.05, 4.69) is 21.2 Å². The largest absolute Gasteiger partial charge is 0.484 e. The average molecular weight is 376 g/mol. The number of halogens is 1. The maximum atomic E-state index is 12.0. The minimum absolute atomic E-state index is 0.0382. The van der Waals surface area contributed by atoms with Crippen LogP contribution >= 0.6 is 15.9 Å². The van der Waals surface area contributed by atoms with E-state index in [-0.39, 0.29) is 24.3 Å². The van der Waals surface area contributed by atoms with Gasteiger partial charge in [-0.1, -0.05) is 40.2 Å². The minimum Gasteiger partial charge on any atom is -0.484 e. The smallest absolute Gasteiger partial charge is 0.258 e. The summed E-state index contributed by atoms with van der Waals surface area (Å²) in [4.78, 5) is 23.3. The maximum Gasteiger partial charge on any atom is 0.258 e. The molecular formula is C18H18BrNO3. The average Bonchev–Trinajstić information content (AvgIpc) is 2.53. The standard InChI is InChI=1S/C18H18BrNO3/c1-12(14-6-8-16(19)9-7-14)20-18(22)11-23-17-5-3-4-15(10-17)13(2)21/h3-10,12H,11H2,1-2H3,(H,20,22)/t12-/m0/s1. The Morgan fingerprint density at radius 1 is 1.17 bits per heavy atom. The Bertz CT molecular complexity index is 698. The van der Waals surface area contributed by atoms with Crippen molar-refractivity contribution in [3.05, 3.63) is 64.1 Å². The van der Waals surface area contributed by atoms with E-state index >= 15 is 0 Å². The molecule has 0 spiro atoms. The van der Waals surface area contributed by atoms with Gasteiger partial charge in [0.2, 0.25) is 0 Å². The van der Waals surface area contributed by atoms with Crippen LogP contribution in [0.25, 0.3) is 0 Å². The van der Waals surface area contributed by atoms with Crippen LogP contribution in [-0.2, 0) is 4.79 Å². The molecule has 0 saturated heterocycles. The van der Waals surface area contributed by atoms with Crippen molar-refractivity contribution in [2.24, 2.45) is 0 Å². The summed E-state index contributed by atoms with van der Waals surface area (Å²) in [5, 5.41) is 2.88. The minimum atomic E-state index is -0.214. The number of benzene rings is 2. The first kappa shape index (κ1) is 17.2. The zero-order chi connectivity index (χ0) is 16.8. The lowest BCUT2D eigenvalue weighted by Crippen LogP contribution is -2.31. The second kappa shape index (κ2) is 7.92. The van der Waals surface area contributed by atoms with Crippen molar-refractivity contribution >= 4 is 27.6 Å². The van der Waals surface area contributed by atoms with Crippen LogP contribution in [0.15, 0.2) is 53.0 Å². The zero-order valence-corrected chi connectivity index (χ0v) is 14.6. The number of ketones is 1. The molecule has 23 heavy (non-hydrogen) atoms. The highest BCUT2D eigenvalue weighted by molar-refractivity contribution is 9.10. The lowest BCUT2D eigenvalue weighted by molar-refractivity contribution is -0.123. The van der Waals surface area contributed by atoms with Crippen molar-refractivity contribution in [1.82, 2.24) is 5.32 Å². The summed E-state index contributed by atoms with van der Waals surface area (Å²) >= 11 is 3.38. The molecule has 0 radical (unpaired) electrons. The van der Waals surface area contributed by atoms with Crippen molar-refractivity contribution < 1.29 is 14.3 Å². The van der Waals surface area contributed by atoms with Crippen LogP contribution in [0.4, 0.5) is 0 Å². The van der Waals surface area contributed by atoms with E-state index in [0.29, 0.717) is 11.3 Å². The van der Waals surface area contributed by atoms with Gasteiger partial charge in [0.05, 0.1) is 6.04 Å². The number of hydrogen-bond donors (Lipinski definition) is 1. The Balaban J connectivity index is 1.88. The molecular weight excluding hydrogens is 358 g/mol. The fourth-order valence-electron chi connectivity index (χ4n) is 2.07. The maximum absolute atomic E-state index is 12.0. The van der Waals surface area contributed by atoms with Crippen molar-refractivity contribution in [2.75, 3.05) is 6.61 Å². The lowest BCUT2D eigenvalue weighted by Gasteiger charge is -2.15. The molecule has 0 aliphatic rings. The van der Waals surface area contributed by atoms with Crippen LogP contribution in [0.1, 0.15) is 35.8 Å². The predicted molar refractivity (Wildman–Crippen MR) is 92.6 cm³/mol. The van der Waals surface area contributed by atoms with E-state index in [1.54, 1.807) is 24.3 Å². The third-order valence-corrected chi connectivity index (χ3v) is 3.89. The Morgan fingerprint density at radius 2 is 1.87 bits per heavy atom. The van der Waals surface area contributed by atoms with Gasteiger partial charge in [-0.15, -0.1) is 0 Å². The third kappa shape index (κ3) is 5.21. The van der Waals surface area contributed by atoms with Crippen LogP contribution in [-0.4, -0.2) is 18.3 Å². The van der Waals surface area contributed by atoms with Gasteiger partial charge in [0, 0.05) is 10.0 Å². The summed E-state index contributed by atoms with van der Waals surface area (Å²) in [6.45, 7) is 3.31. The molecule has 1 N–H and O–H groups in total. The highest BCUT2D eigenvalue weighted by atomic mass is 79.9. The van der Waals surface area contributed by atoms with E-state index in [0.717, 1.165) is 10.0 Å². The van der Waals surface area contributed by atoms with Crippen molar-refractivity contribution in [1.29, 1.82) is 0 Å². The molecule has 120 valence electrons. The molecule has 0 aliphatic carbocycles. The molecule has 5 heteroatoms. The fraction of sp³-hybridized carbons (Fsp3) is 0.222. The zero-order valence-electron chi connectivity index (χ0n) is 13.0. The number of nitrogens with one attached hydrogen (secondary N) is 1. The first-order valence-electron chi connectivity index (χ1n) is 7.24. The summed E-state index contributed by atoms with van der Waals surface area (Å²) in [5.74, 6) is 0.251. The van der Waals surface area contributed by atoms with Gasteiger partial charge in [0.15, 0.2) is 12.4 Å². The van der Waals surface area contributed by atoms with Gasteiger partial charge in [-0.3, -0.25) is 9.59 Å². The van der Waals surface area contributed by atoms with Crippen LogP contribution in [0.2, 0.25) is 0 Å². The van der Waals surface area contributed by atoms with Crippen molar-refractivity contribution in [3.8, 4) is 5.75 Å². The van der Waals surface area contributed by atoms with Crippen LogP contribution in [0.3, 0.4) is 0 Å². The molecule has 2 aromatic carbocycles. The van der Waals surface area contributed by atoms with Crippen LogP contribution in [0, 0.1) is 0 Å². The molecule has 2 aromatic rings. The normalized spacial score (nSPS) is 11.6. The van der Waals surface area contributed by atoms with Gasteiger partial charge in [-0.25, -0.2) is 0 Å². The summed E-state index contributed by atoms with van der Waals surface area (Å²) in [7, 11) is 0. The number of carbonyl (C=O) groups excluding carboxylic acids is 2. The highest BCUT2D eigenvalue weighted by Crippen LogP contribution is 2.17. The highest BCUT2D eigenvalue weighted by Gasteiger charge is 2.10. The molecule has 1 amide bonds. The first-order chi connectivity index (χ1) is 11.0. The van der Waals surface area contributed by atoms with E-state index in [1.165, 1.54) is 6.92 Å². The second-order valence-electron chi connectivity index (χ2n) is 5.21. The van der Waals surface area contributed by atoms with Crippen LogP contribution < -0.4 is 10.1 Å². The van der Waals surface area contributed by atoms with Gasteiger partial charge in [-0.05, 0) is 43.7 Å². The molecule has 0 bridgehead atoms. The fourth-order valence-corrected chi connectivity index (χ4v) is 2.34. The number of amides is 1. The number of hydrogen-bond acceptors (Lipinski definition) is 3. The monoisotopic (exact) mass is 375 g/mol. The summed E-state index contributed by atoms with van der Waals surface area (Å²) in [6, 6.07) is 14.5. The molecule has 0 heterocycles. The molecule has 1 atom stereocenters. The van der Waals surface area contributed by atoms with Gasteiger partial charge in [0.25, 0.3) is 5.91 Å². The topological polar surface area (TPSA) is 55.4 Å². The SMILES string of the molecule is CC(=O)c1cccc(OCC(=O)N[C@@H](C)c2ccc(Br)cc2)c1. The van der Waals surface area contributed by atoms with Gasteiger partial charge in [-0.2, -0.15) is 0 Å².